The second kappa shape index (κ2) is 9.95. The number of hydrogen-bond donors (Lipinski definition) is 1. The van der Waals surface area contributed by atoms with Crippen LogP contribution in [0.2, 0.25) is 0 Å². The van der Waals surface area contributed by atoms with Crippen molar-refractivity contribution in [3.05, 3.63) is 108 Å². The summed E-state index contributed by atoms with van der Waals surface area (Å²) in [6.45, 7) is 2.29. The molecule has 11 nitrogen and oxygen atoms in total. The molecule has 0 aliphatic heterocycles. The van der Waals surface area contributed by atoms with E-state index >= 15 is 0 Å². The molecule has 6 heterocycles. The van der Waals surface area contributed by atoms with Gasteiger partial charge in [-0.1, -0.05) is 6.07 Å². The molecule has 0 aliphatic rings. The molecule has 0 radical (unpaired) electrons. The summed E-state index contributed by atoms with van der Waals surface area (Å²) in [6, 6.07) is 14.7. The van der Waals surface area contributed by atoms with Crippen LogP contribution in [0.25, 0.3) is 28.1 Å². The average Bonchev–Trinajstić information content (AvgIpc) is 3.56. The number of hydrogen-bond acceptors (Lipinski definition) is 8. The van der Waals surface area contributed by atoms with Gasteiger partial charge < -0.3 is 5.32 Å². The number of amides is 1. The minimum absolute atomic E-state index is 0.352. The van der Waals surface area contributed by atoms with Crippen molar-refractivity contribution >= 4 is 22.8 Å². The molecule has 188 valence electrons. The Morgan fingerprint density at radius 1 is 1.05 bits per heavy atom. The van der Waals surface area contributed by atoms with Crippen LogP contribution in [0.3, 0.4) is 0 Å². The summed E-state index contributed by atoms with van der Waals surface area (Å²) in [5.74, 6) is 0.566. The third-order valence-corrected chi connectivity index (χ3v) is 6.11. The van der Waals surface area contributed by atoms with Crippen molar-refractivity contribution < 1.29 is 4.79 Å². The molecule has 0 aliphatic carbocycles. The SMILES string of the molecule is Cc1cn(-c2ccc(C#N)cn2)nc1NC(=O)c1cc(-c2cccnc2)nc2c1cnn2Cc1cccnc1. The van der Waals surface area contributed by atoms with E-state index in [1.807, 2.05) is 37.3 Å². The third kappa shape index (κ3) is 4.70. The van der Waals surface area contributed by atoms with Gasteiger partial charge in [-0.3, -0.25) is 14.8 Å². The number of aryl methyl sites for hydroxylation is 1. The highest BCUT2D eigenvalue weighted by Gasteiger charge is 2.20. The molecule has 39 heavy (non-hydrogen) atoms. The van der Waals surface area contributed by atoms with E-state index in [2.05, 4.69) is 30.5 Å². The van der Waals surface area contributed by atoms with E-state index in [0.717, 1.165) is 16.7 Å². The number of anilines is 1. The highest BCUT2D eigenvalue weighted by atomic mass is 16.1. The molecule has 0 fully saturated rings. The molecule has 0 unspecified atom stereocenters. The van der Waals surface area contributed by atoms with Crippen LogP contribution in [0, 0.1) is 18.3 Å². The van der Waals surface area contributed by atoms with Gasteiger partial charge in [0.2, 0.25) is 0 Å². The van der Waals surface area contributed by atoms with E-state index in [1.165, 1.54) is 6.20 Å². The monoisotopic (exact) mass is 512 g/mol. The number of carbonyl (C=O) groups excluding carboxylic acids is 1. The van der Waals surface area contributed by atoms with E-state index in [4.69, 9.17) is 10.2 Å². The molecule has 0 atom stereocenters. The first kappa shape index (κ1) is 23.6. The maximum Gasteiger partial charge on any atom is 0.257 e. The Bertz CT molecular complexity index is 1840. The lowest BCUT2D eigenvalue weighted by Gasteiger charge is -2.09. The molecule has 6 aromatic rings. The predicted molar refractivity (Wildman–Crippen MR) is 143 cm³/mol. The Morgan fingerprint density at radius 2 is 1.90 bits per heavy atom. The fourth-order valence-electron chi connectivity index (χ4n) is 4.14. The summed E-state index contributed by atoms with van der Waals surface area (Å²) in [5, 5.41) is 21.6. The topological polar surface area (TPSA) is 140 Å². The van der Waals surface area contributed by atoms with Gasteiger partial charge in [-0.05, 0) is 48.9 Å². The number of aromatic nitrogens is 8. The van der Waals surface area contributed by atoms with E-state index < -0.39 is 0 Å². The molecule has 6 aromatic heterocycles. The van der Waals surface area contributed by atoms with E-state index in [-0.39, 0.29) is 5.91 Å². The van der Waals surface area contributed by atoms with Crippen LogP contribution in [0.1, 0.15) is 27.0 Å². The van der Waals surface area contributed by atoms with Crippen LogP contribution in [-0.4, -0.2) is 45.4 Å². The molecule has 0 bridgehead atoms. The van der Waals surface area contributed by atoms with Gasteiger partial charge in [0, 0.05) is 48.3 Å². The van der Waals surface area contributed by atoms with Crippen molar-refractivity contribution in [2.75, 3.05) is 5.32 Å². The van der Waals surface area contributed by atoms with E-state index in [1.54, 1.807) is 64.7 Å². The maximum atomic E-state index is 13.7. The second-order valence-corrected chi connectivity index (χ2v) is 8.77. The predicted octanol–water partition coefficient (Wildman–Crippen LogP) is 3.95. The van der Waals surface area contributed by atoms with Gasteiger partial charge in [0.05, 0.1) is 34.9 Å². The fraction of sp³-hybridized carbons (Fsp3) is 0.0714. The molecular formula is C28H20N10O. The van der Waals surface area contributed by atoms with Gasteiger partial charge in [0.15, 0.2) is 17.3 Å². The summed E-state index contributed by atoms with van der Waals surface area (Å²) in [6.07, 6.45) is 11.8. The zero-order valence-corrected chi connectivity index (χ0v) is 20.7. The van der Waals surface area contributed by atoms with E-state index in [9.17, 15) is 4.79 Å². The summed E-state index contributed by atoms with van der Waals surface area (Å²) >= 11 is 0. The Hall–Kier alpha value is -5.76. The normalized spacial score (nSPS) is 10.9. The van der Waals surface area contributed by atoms with Gasteiger partial charge >= 0.3 is 0 Å². The smallest absolute Gasteiger partial charge is 0.257 e. The summed E-state index contributed by atoms with van der Waals surface area (Å²) in [4.78, 5) is 31.2. The number of nitriles is 1. The summed E-state index contributed by atoms with van der Waals surface area (Å²) in [5.41, 5.74) is 4.49. The van der Waals surface area contributed by atoms with E-state index in [0.29, 0.717) is 46.0 Å². The zero-order chi connectivity index (χ0) is 26.8. The van der Waals surface area contributed by atoms with Crippen LogP contribution < -0.4 is 5.32 Å². The molecule has 0 spiro atoms. The number of nitrogens with zero attached hydrogens (tertiary/aromatic N) is 9. The standard InChI is InChI=1S/C28H20N10O/c1-18-16-37(25-7-6-19(11-29)13-32-25)36-26(18)35-28(39)22-10-24(21-5-3-9-31-14-21)34-27-23(22)15-33-38(27)17-20-4-2-8-30-12-20/h2-10,12-16H,17H2,1H3,(H,35,36,39). The van der Waals surface area contributed by atoms with Gasteiger partial charge in [0.1, 0.15) is 6.07 Å². The van der Waals surface area contributed by atoms with Crippen molar-refractivity contribution in [1.82, 2.24) is 39.5 Å². The lowest BCUT2D eigenvalue weighted by molar-refractivity contribution is 0.102. The second-order valence-electron chi connectivity index (χ2n) is 8.77. The first-order chi connectivity index (χ1) is 19.1. The molecule has 0 saturated carbocycles. The van der Waals surface area contributed by atoms with Crippen molar-refractivity contribution in [2.45, 2.75) is 13.5 Å². The first-order valence-electron chi connectivity index (χ1n) is 12.0. The number of rotatable bonds is 6. The van der Waals surface area contributed by atoms with Crippen LogP contribution in [0.15, 0.2) is 85.8 Å². The quantitative estimate of drug-likeness (QED) is 0.354. The lowest BCUT2D eigenvalue weighted by atomic mass is 10.1. The Balaban J connectivity index is 1.38. The van der Waals surface area contributed by atoms with Crippen LogP contribution in [0.4, 0.5) is 5.82 Å². The highest BCUT2D eigenvalue weighted by Crippen LogP contribution is 2.26. The molecule has 1 amide bonds. The number of nitrogens with one attached hydrogen (secondary N) is 1. The van der Waals surface area contributed by atoms with Crippen molar-refractivity contribution in [3.8, 4) is 23.1 Å². The van der Waals surface area contributed by atoms with Gasteiger partial charge in [-0.25, -0.2) is 19.3 Å². The zero-order valence-electron chi connectivity index (χ0n) is 20.7. The molecule has 11 heteroatoms. The maximum absolute atomic E-state index is 13.7. The third-order valence-electron chi connectivity index (χ3n) is 6.11. The van der Waals surface area contributed by atoms with Crippen molar-refractivity contribution in [1.29, 1.82) is 5.26 Å². The summed E-state index contributed by atoms with van der Waals surface area (Å²) in [7, 11) is 0. The van der Waals surface area contributed by atoms with Gasteiger partial charge in [0.25, 0.3) is 5.91 Å². The largest absolute Gasteiger partial charge is 0.305 e. The van der Waals surface area contributed by atoms with Crippen molar-refractivity contribution in [3.63, 3.8) is 0 Å². The highest BCUT2D eigenvalue weighted by molar-refractivity contribution is 6.12. The van der Waals surface area contributed by atoms with Crippen LogP contribution in [0.5, 0.6) is 0 Å². The Labute approximate surface area is 222 Å². The number of carbonyl (C=O) groups is 1. The number of pyridine rings is 4. The Morgan fingerprint density at radius 3 is 2.62 bits per heavy atom. The van der Waals surface area contributed by atoms with Gasteiger partial charge in [-0.15, -0.1) is 5.10 Å². The van der Waals surface area contributed by atoms with Crippen LogP contribution >= 0.6 is 0 Å². The van der Waals surface area contributed by atoms with Gasteiger partial charge in [-0.2, -0.15) is 10.4 Å². The van der Waals surface area contributed by atoms with Crippen molar-refractivity contribution in [2.24, 2.45) is 0 Å². The average molecular weight is 513 g/mol. The summed E-state index contributed by atoms with van der Waals surface area (Å²) < 4.78 is 3.31. The number of fused-ring (bicyclic) bond motifs is 1. The molecule has 6 rings (SSSR count). The molecular weight excluding hydrogens is 492 g/mol. The molecule has 0 aromatic carbocycles. The molecule has 1 N–H and O–H groups in total. The minimum Gasteiger partial charge on any atom is -0.305 e. The minimum atomic E-state index is -0.352. The lowest BCUT2D eigenvalue weighted by Crippen LogP contribution is -2.14. The Kier molecular flexibility index (Phi) is 6.03. The van der Waals surface area contributed by atoms with Crippen LogP contribution in [-0.2, 0) is 6.54 Å². The first-order valence-corrected chi connectivity index (χ1v) is 12.0. The molecule has 0 saturated heterocycles. The fourth-order valence-corrected chi connectivity index (χ4v) is 4.14.